The van der Waals surface area contributed by atoms with Crippen LogP contribution >= 0.6 is 15.9 Å². The van der Waals surface area contributed by atoms with Crippen molar-refractivity contribution in [3.63, 3.8) is 0 Å². The molecule has 15 heterocycles. The smallest absolute Gasteiger partial charge is 0.410 e. The van der Waals surface area contributed by atoms with E-state index in [1.165, 1.54) is 49.9 Å². The highest BCUT2D eigenvalue weighted by Crippen LogP contribution is 2.31. The number of alkyl carbamates (subject to hydrolysis) is 2. The predicted molar refractivity (Wildman–Crippen MR) is 519 cm³/mol. The molecular formula is C85H120BrN39O13. The molecule has 0 aliphatic carbocycles. The fourth-order valence-electron chi connectivity index (χ4n) is 12.8. The highest BCUT2D eigenvalue weighted by Gasteiger charge is 2.31. The quantitative estimate of drug-likeness (QED) is 0.0306. The number of alkyl halides is 1. The summed E-state index contributed by atoms with van der Waals surface area (Å²) in [5.41, 5.74) is 62.6. The molecule has 1 aromatic carbocycles. The SMILES string of the molecule is CC(C)(C)OC(=O)CCC(=O)Nc1ncnc(N)c1N.CC(C)(C)OC(=O)CCC(=O)O.CC(C)(C)OC(=O)N1CCn2c(nc3c(N)ncnc32)C1.CC(C)(C)OC(=O)NCC1=Nc2c(N)ncnc2C1.CC(C)(C)OC(=O)NCc1nc2c(N)ncnc2n1CCBr.Nc1ncnc(N)c1N.Nc1ncnc2c1nc1n2CCN(Cc2ccccc2)C1.Nc1ncnc2c1nc1n2CCNC1. The molecule has 0 bridgehead atoms. The summed E-state index contributed by atoms with van der Waals surface area (Å²) >= 11 is 3.39. The molecule has 16 rings (SSSR count). The molecular weight excluding hydrogens is 1860 g/mol. The molecule has 740 valence electrons. The number of hydrogen-bond acceptors (Lipinski definition) is 43. The van der Waals surface area contributed by atoms with Gasteiger partial charge in [-0.15, -0.1) is 0 Å². The van der Waals surface area contributed by atoms with E-state index in [2.05, 4.69) is 170 Å². The monoisotopic (exact) mass is 1970 g/mol. The standard InChI is InChI=1S/C15H16N6.C13H19BrN6O2.C13H18N6O2.C12H19N5O3.C12H17N5O2.C8H10N6.C8H14O4.C4H7N5/c16-14-13-15(18-10-17-14)21-7-6-20(9-12(21)19-13)8-11-4-2-1-3-5-11;1-13(2,3)22-12(21)16-6-8-19-9-10(15)17-7-18-11(9)20(8)5-4-14;1-13(2,3)21-12(20)18-4-5-19-8(6-18)17-9-10(14)15-7-16-11(9)19;1-12(2,3)20-8(19)5-4-7(18)17-11-9(13)10(14)15-6-16-11;1-12(2,3)19-11(18)14-5-7-4-8-9(17-7)10(13)16-6-15-8;9-7-6-8(12-4-11-7)14-2-1-10-3-5(14)13-6;1-8(2,3)12-7(11)5-4-6(9)10;5-2-3(6)8-1-9-4(2)7/h1-5,10H,6-9H2,(H2,16,17,18);7H,4-6H2,1-3H3,(H,16,21)(H2,15,17,18);7H,4-6H2,1-3H3,(H2,14,15,16);6H,4-5,13H2,1-3H3,(H3,14,15,16,17,18);6H,4-5H2,1-3H3,(H,14,18)(H2,13,15,16);4,10H,1-3H2,(H2,9,11,12);4-5H2,1-3H3,(H,9,10);1H,5H2,(H4,6,7,8,9). The molecule has 0 fully saturated rings. The minimum absolute atomic E-state index is 0.0242. The Kier molecular flexibility index (Phi) is 36.2. The van der Waals surface area contributed by atoms with Crippen molar-refractivity contribution in [2.45, 2.75) is 223 Å². The topological polar surface area (TPSA) is 765 Å². The number of nitrogen functional groups attached to an aromatic ring is 10. The molecule has 25 N–H and O–H groups in total. The lowest BCUT2D eigenvalue weighted by Crippen LogP contribution is -2.41. The van der Waals surface area contributed by atoms with Crippen LogP contribution in [-0.4, -0.2) is 230 Å². The van der Waals surface area contributed by atoms with Crippen molar-refractivity contribution in [2.75, 3.05) is 94.2 Å². The van der Waals surface area contributed by atoms with Gasteiger partial charge in [0.2, 0.25) is 5.91 Å². The maximum Gasteiger partial charge on any atom is 0.410 e. The summed E-state index contributed by atoms with van der Waals surface area (Å²) in [7, 11) is 0. The molecule has 4 aliphatic rings. The number of fused-ring (bicyclic) bond motifs is 11. The maximum atomic E-state index is 12.1. The molecule has 4 aliphatic heterocycles. The van der Waals surface area contributed by atoms with Gasteiger partial charge in [-0.3, -0.25) is 29.0 Å². The van der Waals surface area contributed by atoms with Crippen molar-refractivity contribution in [1.29, 1.82) is 0 Å². The van der Waals surface area contributed by atoms with Gasteiger partial charge < -0.3 is 126 Å². The Morgan fingerprint density at radius 2 is 0.884 bits per heavy atom. The number of carbonyl (C=O) groups is 7. The largest absolute Gasteiger partial charge is 0.481 e. The number of imidazole rings is 4. The van der Waals surface area contributed by atoms with Crippen molar-refractivity contribution in [3.8, 4) is 0 Å². The van der Waals surface area contributed by atoms with Crippen molar-refractivity contribution in [2.24, 2.45) is 4.99 Å². The van der Waals surface area contributed by atoms with Crippen LogP contribution < -0.4 is 78.6 Å². The van der Waals surface area contributed by atoms with Crippen LogP contribution in [0.4, 0.5) is 83.8 Å². The van der Waals surface area contributed by atoms with Crippen LogP contribution in [0.15, 0.2) is 79.6 Å². The van der Waals surface area contributed by atoms with Gasteiger partial charge in [-0.25, -0.2) is 109 Å². The molecule has 0 spiro atoms. The van der Waals surface area contributed by atoms with Crippen LogP contribution in [0.25, 0.3) is 44.7 Å². The second-order valence-electron chi connectivity index (χ2n) is 35.7. The van der Waals surface area contributed by atoms with Crippen molar-refractivity contribution < 1.29 is 62.4 Å². The molecule has 0 radical (unpaired) electrons. The number of esters is 2. The minimum Gasteiger partial charge on any atom is -0.481 e. The molecule has 11 aromatic heterocycles. The highest BCUT2D eigenvalue weighted by atomic mass is 79.9. The second-order valence-corrected chi connectivity index (χ2v) is 36.5. The summed E-state index contributed by atoms with van der Waals surface area (Å²) in [6.07, 6.45) is 8.65. The Morgan fingerprint density at radius 1 is 0.449 bits per heavy atom. The Morgan fingerprint density at radius 3 is 1.38 bits per heavy atom. The van der Waals surface area contributed by atoms with E-state index in [9.17, 15) is 33.6 Å². The number of aliphatic imine (C=N–C) groups is 1. The van der Waals surface area contributed by atoms with E-state index >= 15 is 0 Å². The Hall–Kier alpha value is -15.6. The molecule has 138 heavy (non-hydrogen) atoms. The summed E-state index contributed by atoms with van der Waals surface area (Å²) in [5, 5.41) is 20.0. The van der Waals surface area contributed by atoms with Crippen molar-refractivity contribution in [1.82, 2.24) is 134 Å². The van der Waals surface area contributed by atoms with Gasteiger partial charge in [0.15, 0.2) is 97.0 Å². The van der Waals surface area contributed by atoms with Crippen LogP contribution in [-0.2, 0) is 108 Å². The number of amides is 4. The van der Waals surface area contributed by atoms with E-state index < -0.39 is 64.0 Å². The number of aromatic nitrogens is 22. The van der Waals surface area contributed by atoms with Gasteiger partial charge in [0.25, 0.3) is 0 Å². The first-order chi connectivity index (χ1) is 64.9. The number of nitrogens with one attached hydrogen (secondary N) is 4. The highest BCUT2D eigenvalue weighted by molar-refractivity contribution is 9.09. The number of aryl methyl sites for hydroxylation is 1. The molecule has 0 saturated carbocycles. The van der Waals surface area contributed by atoms with Crippen molar-refractivity contribution >= 4 is 178 Å². The van der Waals surface area contributed by atoms with Crippen LogP contribution in [0.2, 0.25) is 0 Å². The molecule has 52 nitrogen and oxygen atoms in total. The number of aliphatic carboxylic acids is 1. The number of anilines is 11. The number of nitrogens with two attached hydrogens (primary N) is 10. The van der Waals surface area contributed by atoms with E-state index in [-0.39, 0.29) is 73.0 Å². The van der Waals surface area contributed by atoms with E-state index in [0.29, 0.717) is 113 Å². The Balaban J connectivity index is 0.000000179. The average molecular weight is 1980 g/mol. The first-order valence-electron chi connectivity index (χ1n) is 43.3. The molecule has 0 atom stereocenters. The number of hydrogen-bond donors (Lipinski definition) is 15. The van der Waals surface area contributed by atoms with Crippen LogP contribution in [0.1, 0.15) is 164 Å². The van der Waals surface area contributed by atoms with E-state index in [1.807, 2.05) is 77.5 Å². The molecule has 53 heteroatoms. The minimum atomic E-state index is -0.985. The lowest BCUT2D eigenvalue weighted by molar-refractivity contribution is -0.157. The van der Waals surface area contributed by atoms with Crippen LogP contribution in [0.3, 0.4) is 0 Å². The number of carbonyl (C=O) groups excluding carboxylic acids is 6. The van der Waals surface area contributed by atoms with Gasteiger partial charge in [-0.05, 0) is 109 Å². The number of benzene rings is 1. The summed E-state index contributed by atoms with van der Waals surface area (Å²) in [6.45, 7) is 35.9. The third kappa shape index (κ3) is 32.1. The van der Waals surface area contributed by atoms with Gasteiger partial charge in [0.1, 0.15) is 113 Å². The summed E-state index contributed by atoms with van der Waals surface area (Å²) in [5.74, 6) is 3.70. The van der Waals surface area contributed by atoms with Crippen molar-refractivity contribution in [3.05, 3.63) is 109 Å². The van der Waals surface area contributed by atoms with Crippen LogP contribution in [0, 0.1) is 0 Å². The summed E-state index contributed by atoms with van der Waals surface area (Å²) in [4.78, 5) is 161. The first-order valence-corrected chi connectivity index (χ1v) is 44.4. The molecule has 4 amide bonds. The number of carboxylic acids is 1. The normalized spacial score (nSPS) is 13.1. The fourth-order valence-corrected chi connectivity index (χ4v) is 13.2. The van der Waals surface area contributed by atoms with Gasteiger partial charge >= 0.3 is 36.2 Å². The lowest BCUT2D eigenvalue weighted by Gasteiger charge is -2.30. The Bertz CT molecular complexity index is 6270. The number of ether oxygens (including phenoxy) is 5. The third-order valence-corrected chi connectivity index (χ3v) is 19.1. The number of carboxylic acid groups (broad SMARTS) is 1. The zero-order chi connectivity index (χ0) is 101. The zero-order valence-corrected chi connectivity index (χ0v) is 81.1. The van der Waals surface area contributed by atoms with Gasteiger partial charge in [0, 0.05) is 76.2 Å². The zero-order valence-electron chi connectivity index (χ0n) is 79.5. The predicted octanol–water partition coefficient (Wildman–Crippen LogP) is 6.25. The number of nitrogens with zero attached hydrogens (tertiary/aromatic N) is 25. The van der Waals surface area contributed by atoms with Gasteiger partial charge in [-0.2, -0.15) is 0 Å². The van der Waals surface area contributed by atoms with Crippen LogP contribution in [0.5, 0.6) is 0 Å². The summed E-state index contributed by atoms with van der Waals surface area (Å²) < 4.78 is 33.8. The van der Waals surface area contributed by atoms with E-state index in [1.54, 1.807) is 46.4 Å². The second kappa shape index (κ2) is 47.1. The molecule has 0 unspecified atom stereocenters. The molecule has 12 aromatic rings. The van der Waals surface area contributed by atoms with E-state index in [0.717, 1.165) is 91.3 Å². The van der Waals surface area contributed by atoms with Gasteiger partial charge in [-0.1, -0.05) is 46.3 Å². The molecule has 0 saturated heterocycles. The summed E-state index contributed by atoms with van der Waals surface area (Å²) in [6, 6.07) is 10.5. The maximum absolute atomic E-state index is 12.1. The average Bonchev–Trinajstić information content (AvgIpc) is 1.63. The van der Waals surface area contributed by atoms with E-state index in [4.69, 9.17) is 86.1 Å². The number of rotatable bonds is 15. The van der Waals surface area contributed by atoms with Gasteiger partial charge in [0.05, 0.1) is 57.7 Å². The fraction of sp³-hybridized carbons (Fsp3) is 0.459. The Labute approximate surface area is 801 Å². The number of halogens is 1. The lowest BCUT2D eigenvalue weighted by atomic mass is 10.2. The first kappa shape index (κ1) is 106. The third-order valence-electron chi connectivity index (χ3n) is 18.7.